The monoisotopic (exact) mass is 361 g/mol. The third-order valence-electron chi connectivity index (χ3n) is 3.79. The van der Waals surface area contributed by atoms with E-state index in [1.54, 1.807) is 0 Å². The summed E-state index contributed by atoms with van der Waals surface area (Å²) >= 11 is 0. The first-order chi connectivity index (χ1) is 12.9. The van der Waals surface area contributed by atoms with E-state index in [-0.39, 0.29) is 5.91 Å². The highest BCUT2D eigenvalue weighted by Crippen LogP contribution is 2.22. The summed E-state index contributed by atoms with van der Waals surface area (Å²) in [5.74, 6) is 1.09. The Morgan fingerprint density at radius 1 is 0.815 bits per heavy atom. The van der Waals surface area contributed by atoms with Gasteiger partial charge >= 0.3 is 0 Å². The van der Waals surface area contributed by atoms with Crippen LogP contribution < -0.4 is 16.0 Å². The number of anilines is 5. The predicted molar refractivity (Wildman–Crippen MR) is 110 cm³/mol. The van der Waals surface area contributed by atoms with E-state index in [9.17, 15) is 4.79 Å². The van der Waals surface area contributed by atoms with Crippen molar-refractivity contribution < 1.29 is 4.79 Å². The fraction of sp³-hybridized carbons (Fsp3) is 0.190. The summed E-state index contributed by atoms with van der Waals surface area (Å²) in [6.45, 7) is 7.54. The van der Waals surface area contributed by atoms with Crippen LogP contribution >= 0.6 is 0 Å². The Balaban J connectivity index is 1.82. The molecule has 1 heterocycles. The van der Waals surface area contributed by atoms with Crippen molar-refractivity contribution in [2.45, 2.75) is 27.7 Å². The number of benzene rings is 2. The van der Waals surface area contributed by atoms with Crippen LogP contribution in [-0.2, 0) is 4.79 Å². The number of carbonyl (C=O) groups is 1. The molecular formula is C21H23N5O. The van der Waals surface area contributed by atoms with Gasteiger partial charge in [0.15, 0.2) is 0 Å². The molecular weight excluding hydrogens is 338 g/mol. The molecule has 0 unspecified atom stereocenters. The van der Waals surface area contributed by atoms with E-state index in [0.29, 0.717) is 17.5 Å². The SMILES string of the molecule is CC(=O)Nc1cccc(Nc2nc(C)cc(Nc3cc(C)cc(C)c3)n2)c1. The molecule has 3 N–H and O–H groups in total. The van der Waals surface area contributed by atoms with E-state index in [1.165, 1.54) is 18.1 Å². The van der Waals surface area contributed by atoms with E-state index < -0.39 is 0 Å². The Labute approximate surface area is 159 Å². The Hall–Kier alpha value is -3.41. The lowest BCUT2D eigenvalue weighted by Crippen LogP contribution is -2.06. The maximum atomic E-state index is 11.2. The molecule has 0 spiro atoms. The van der Waals surface area contributed by atoms with Crippen LogP contribution in [0.2, 0.25) is 0 Å². The lowest BCUT2D eigenvalue weighted by atomic mass is 10.1. The second kappa shape index (κ2) is 7.86. The molecule has 3 aromatic rings. The molecule has 0 saturated heterocycles. The molecule has 6 nitrogen and oxygen atoms in total. The van der Waals surface area contributed by atoms with Gasteiger partial charge in [-0.15, -0.1) is 0 Å². The molecule has 0 bridgehead atoms. The molecule has 3 rings (SSSR count). The van der Waals surface area contributed by atoms with Crippen LogP contribution in [0.4, 0.5) is 28.8 Å². The first kappa shape index (κ1) is 18.4. The number of hydrogen-bond donors (Lipinski definition) is 3. The fourth-order valence-corrected chi connectivity index (χ4v) is 2.89. The molecule has 0 fully saturated rings. The molecule has 138 valence electrons. The summed E-state index contributed by atoms with van der Waals surface area (Å²) in [7, 11) is 0. The molecule has 27 heavy (non-hydrogen) atoms. The fourth-order valence-electron chi connectivity index (χ4n) is 2.89. The van der Waals surface area contributed by atoms with Crippen molar-refractivity contribution in [1.29, 1.82) is 0 Å². The van der Waals surface area contributed by atoms with Crippen LogP contribution in [0.1, 0.15) is 23.7 Å². The van der Waals surface area contributed by atoms with E-state index >= 15 is 0 Å². The highest BCUT2D eigenvalue weighted by molar-refractivity contribution is 5.89. The van der Waals surface area contributed by atoms with Gasteiger partial charge in [0.25, 0.3) is 0 Å². The largest absolute Gasteiger partial charge is 0.340 e. The molecule has 6 heteroatoms. The molecule has 0 radical (unpaired) electrons. The van der Waals surface area contributed by atoms with Gasteiger partial charge in [-0.05, 0) is 62.2 Å². The minimum atomic E-state index is -0.112. The van der Waals surface area contributed by atoms with E-state index in [2.05, 4.69) is 58.0 Å². The van der Waals surface area contributed by atoms with Gasteiger partial charge in [-0.3, -0.25) is 4.79 Å². The van der Waals surface area contributed by atoms with Crippen molar-refractivity contribution in [2.75, 3.05) is 16.0 Å². The molecule has 0 atom stereocenters. The number of nitrogens with one attached hydrogen (secondary N) is 3. The third-order valence-corrected chi connectivity index (χ3v) is 3.79. The average Bonchev–Trinajstić information content (AvgIpc) is 2.52. The predicted octanol–water partition coefficient (Wildman–Crippen LogP) is 4.85. The highest BCUT2D eigenvalue weighted by Gasteiger charge is 2.05. The Morgan fingerprint density at radius 3 is 2.22 bits per heavy atom. The van der Waals surface area contributed by atoms with Crippen LogP contribution in [0.3, 0.4) is 0 Å². The van der Waals surface area contributed by atoms with Gasteiger partial charge in [-0.25, -0.2) is 4.98 Å². The zero-order valence-electron chi connectivity index (χ0n) is 15.9. The molecule has 1 aromatic heterocycles. The van der Waals surface area contributed by atoms with Gasteiger partial charge in [0.1, 0.15) is 5.82 Å². The topological polar surface area (TPSA) is 78.9 Å². The summed E-state index contributed by atoms with van der Waals surface area (Å²) in [5, 5.41) is 9.30. The second-order valence-corrected chi connectivity index (χ2v) is 6.61. The van der Waals surface area contributed by atoms with Gasteiger partial charge in [0.2, 0.25) is 11.9 Å². The maximum absolute atomic E-state index is 11.2. The number of aromatic nitrogens is 2. The van der Waals surface area contributed by atoms with Crippen molar-refractivity contribution in [2.24, 2.45) is 0 Å². The number of amides is 1. The van der Waals surface area contributed by atoms with E-state index in [1.807, 2.05) is 37.3 Å². The smallest absolute Gasteiger partial charge is 0.229 e. The first-order valence-electron chi connectivity index (χ1n) is 8.73. The zero-order valence-corrected chi connectivity index (χ0v) is 15.9. The van der Waals surface area contributed by atoms with E-state index in [4.69, 9.17) is 0 Å². The standard InChI is InChI=1S/C21H23N5O/c1-13-8-14(2)10-19(9-13)24-20-11-15(3)22-21(26-20)25-18-7-5-6-17(12-18)23-16(4)27/h5-12H,1-4H3,(H,23,27)(H2,22,24,25,26). The maximum Gasteiger partial charge on any atom is 0.229 e. The summed E-state index contributed by atoms with van der Waals surface area (Å²) in [6, 6.07) is 15.6. The number of carbonyl (C=O) groups excluding carboxylic acids is 1. The second-order valence-electron chi connectivity index (χ2n) is 6.61. The lowest BCUT2D eigenvalue weighted by Gasteiger charge is -2.12. The van der Waals surface area contributed by atoms with Gasteiger partial charge in [0, 0.05) is 35.7 Å². The molecule has 0 aliphatic heterocycles. The summed E-state index contributed by atoms with van der Waals surface area (Å²) in [6.07, 6.45) is 0. The minimum absolute atomic E-state index is 0.112. The van der Waals surface area contributed by atoms with Crippen molar-refractivity contribution in [3.05, 3.63) is 65.4 Å². The van der Waals surface area contributed by atoms with Crippen LogP contribution in [-0.4, -0.2) is 15.9 Å². The number of nitrogens with zero attached hydrogens (tertiary/aromatic N) is 2. The highest BCUT2D eigenvalue weighted by atomic mass is 16.1. The Bertz CT molecular complexity index is 964. The lowest BCUT2D eigenvalue weighted by molar-refractivity contribution is -0.114. The molecule has 2 aromatic carbocycles. The van der Waals surface area contributed by atoms with Gasteiger partial charge < -0.3 is 16.0 Å². The van der Waals surface area contributed by atoms with Crippen LogP contribution in [0.5, 0.6) is 0 Å². The molecule has 0 aliphatic rings. The minimum Gasteiger partial charge on any atom is -0.340 e. The molecule has 0 saturated carbocycles. The normalized spacial score (nSPS) is 10.4. The van der Waals surface area contributed by atoms with Gasteiger partial charge in [-0.1, -0.05) is 12.1 Å². The molecule has 1 amide bonds. The van der Waals surface area contributed by atoms with Crippen LogP contribution in [0.15, 0.2) is 48.5 Å². The summed E-state index contributed by atoms with van der Waals surface area (Å²) in [5.41, 5.74) is 5.73. The van der Waals surface area contributed by atoms with Crippen molar-refractivity contribution in [1.82, 2.24) is 9.97 Å². The first-order valence-corrected chi connectivity index (χ1v) is 8.73. The zero-order chi connectivity index (χ0) is 19.4. The Morgan fingerprint density at radius 2 is 1.52 bits per heavy atom. The number of rotatable bonds is 5. The van der Waals surface area contributed by atoms with Crippen molar-refractivity contribution in [3.8, 4) is 0 Å². The number of aryl methyl sites for hydroxylation is 3. The quantitative estimate of drug-likeness (QED) is 0.605. The third kappa shape index (κ3) is 5.28. The van der Waals surface area contributed by atoms with Gasteiger partial charge in [-0.2, -0.15) is 4.98 Å². The molecule has 0 aliphatic carbocycles. The van der Waals surface area contributed by atoms with Crippen molar-refractivity contribution in [3.63, 3.8) is 0 Å². The summed E-state index contributed by atoms with van der Waals surface area (Å²) < 4.78 is 0. The Kier molecular flexibility index (Phi) is 5.35. The van der Waals surface area contributed by atoms with Crippen molar-refractivity contribution >= 4 is 34.7 Å². The van der Waals surface area contributed by atoms with Gasteiger partial charge in [0.05, 0.1) is 0 Å². The number of hydrogen-bond acceptors (Lipinski definition) is 5. The summed E-state index contributed by atoms with van der Waals surface area (Å²) in [4.78, 5) is 20.2. The van der Waals surface area contributed by atoms with E-state index in [0.717, 1.165) is 17.1 Å². The average molecular weight is 361 g/mol. The van der Waals surface area contributed by atoms with Crippen LogP contribution in [0, 0.1) is 20.8 Å². The van der Waals surface area contributed by atoms with Crippen LogP contribution in [0.25, 0.3) is 0 Å².